The van der Waals surface area contributed by atoms with Crippen LogP contribution in [0.5, 0.6) is 0 Å². The summed E-state index contributed by atoms with van der Waals surface area (Å²) < 4.78 is 0. The molecule has 5 nitrogen and oxygen atoms in total. The van der Waals surface area contributed by atoms with Crippen molar-refractivity contribution in [2.75, 3.05) is 13.1 Å². The summed E-state index contributed by atoms with van der Waals surface area (Å²) in [6.07, 6.45) is 0.231. The van der Waals surface area contributed by atoms with Crippen molar-refractivity contribution < 1.29 is 9.59 Å². The Morgan fingerprint density at radius 2 is 1.58 bits per heavy atom. The number of amides is 2. The van der Waals surface area contributed by atoms with E-state index in [0.717, 1.165) is 0 Å². The van der Waals surface area contributed by atoms with Gasteiger partial charge in [0.25, 0.3) is 5.91 Å². The third kappa shape index (κ3) is 7.32. The molecule has 2 amide bonds. The van der Waals surface area contributed by atoms with Crippen LogP contribution in [0.1, 0.15) is 57.0 Å². The van der Waals surface area contributed by atoms with Crippen LogP contribution < -0.4 is 16.4 Å². The summed E-state index contributed by atoms with van der Waals surface area (Å²) in [6.45, 7) is 10.8. The fourth-order valence-electron chi connectivity index (χ4n) is 2.00. The summed E-state index contributed by atoms with van der Waals surface area (Å²) in [6, 6.07) is 7.55. The smallest absolute Gasteiger partial charge is 0.251 e. The lowest BCUT2D eigenvalue weighted by atomic mass is 9.87. The standard InChI is InChI=1S/C18H29N3O2.ClH/c1-17(2,3)14-8-6-13(7-9-14)16(23)20-11-10-15(22)21-18(4,5)12-19;/h6-9H,10-12,19H2,1-5H3,(H,20,23)(H,21,22);1H. The van der Waals surface area contributed by atoms with Gasteiger partial charge in [-0.25, -0.2) is 0 Å². The number of carbonyl (C=O) groups excluding carboxylic acids is 2. The molecule has 24 heavy (non-hydrogen) atoms. The molecule has 0 heterocycles. The van der Waals surface area contributed by atoms with E-state index in [0.29, 0.717) is 18.7 Å². The average molecular weight is 356 g/mol. The van der Waals surface area contributed by atoms with Crippen LogP contribution in [0.4, 0.5) is 0 Å². The van der Waals surface area contributed by atoms with Crippen molar-refractivity contribution in [3.8, 4) is 0 Å². The average Bonchev–Trinajstić information content (AvgIpc) is 2.46. The van der Waals surface area contributed by atoms with Crippen LogP contribution in [0.2, 0.25) is 0 Å². The largest absolute Gasteiger partial charge is 0.352 e. The molecule has 0 aromatic heterocycles. The van der Waals surface area contributed by atoms with Gasteiger partial charge in [0, 0.05) is 30.6 Å². The topological polar surface area (TPSA) is 84.2 Å². The first-order valence-corrected chi connectivity index (χ1v) is 7.95. The highest BCUT2D eigenvalue weighted by Crippen LogP contribution is 2.22. The van der Waals surface area contributed by atoms with Gasteiger partial charge in [-0.2, -0.15) is 0 Å². The Kier molecular flexibility index (Phi) is 8.44. The number of nitrogens with two attached hydrogens (primary N) is 1. The van der Waals surface area contributed by atoms with Crippen LogP contribution in [-0.2, 0) is 10.2 Å². The Labute approximate surface area is 151 Å². The highest BCUT2D eigenvalue weighted by Gasteiger charge is 2.18. The third-order valence-corrected chi connectivity index (χ3v) is 3.64. The summed E-state index contributed by atoms with van der Waals surface area (Å²) in [5.74, 6) is -0.292. The molecule has 1 aromatic carbocycles. The van der Waals surface area contributed by atoms with Crippen molar-refractivity contribution in [3.05, 3.63) is 35.4 Å². The number of carbonyl (C=O) groups is 2. The first-order chi connectivity index (χ1) is 10.5. The zero-order valence-electron chi connectivity index (χ0n) is 15.2. The van der Waals surface area contributed by atoms with E-state index in [-0.39, 0.29) is 36.1 Å². The minimum atomic E-state index is -0.427. The molecule has 1 rings (SSSR count). The molecule has 0 saturated carbocycles. The molecule has 0 spiro atoms. The second-order valence-corrected chi connectivity index (χ2v) is 7.47. The van der Waals surface area contributed by atoms with E-state index in [4.69, 9.17) is 5.73 Å². The van der Waals surface area contributed by atoms with Gasteiger partial charge in [-0.05, 0) is 37.0 Å². The predicted molar refractivity (Wildman–Crippen MR) is 101 cm³/mol. The molecule has 0 aliphatic rings. The lowest BCUT2D eigenvalue weighted by Crippen LogP contribution is -2.49. The first-order valence-electron chi connectivity index (χ1n) is 7.95. The molecule has 0 bridgehead atoms. The van der Waals surface area contributed by atoms with Gasteiger partial charge in [0.05, 0.1) is 0 Å². The van der Waals surface area contributed by atoms with E-state index in [9.17, 15) is 9.59 Å². The highest BCUT2D eigenvalue weighted by atomic mass is 35.5. The second kappa shape index (κ2) is 9.04. The van der Waals surface area contributed by atoms with Gasteiger partial charge in [-0.15, -0.1) is 12.4 Å². The summed E-state index contributed by atoms with van der Waals surface area (Å²) >= 11 is 0. The summed E-state index contributed by atoms with van der Waals surface area (Å²) in [7, 11) is 0. The number of rotatable bonds is 6. The van der Waals surface area contributed by atoms with Crippen molar-refractivity contribution in [1.82, 2.24) is 10.6 Å². The van der Waals surface area contributed by atoms with Crippen LogP contribution in [0.3, 0.4) is 0 Å². The summed E-state index contributed by atoms with van der Waals surface area (Å²) in [4.78, 5) is 23.8. The normalized spacial score (nSPS) is 11.4. The summed E-state index contributed by atoms with van der Waals surface area (Å²) in [5, 5.41) is 5.59. The van der Waals surface area contributed by atoms with Crippen LogP contribution in [-0.4, -0.2) is 30.4 Å². The summed E-state index contributed by atoms with van der Waals surface area (Å²) in [5.41, 5.74) is 6.97. The molecule has 1 aromatic rings. The molecule has 6 heteroatoms. The van der Waals surface area contributed by atoms with E-state index < -0.39 is 5.54 Å². The van der Waals surface area contributed by atoms with Gasteiger partial charge < -0.3 is 16.4 Å². The molecule has 4 N–H and O–H groups in total. The maximum Gasteiger partial charge on any atom is 0.251 e. The second-order valence-electron chi connectivity index (χ2n) is 7.47. The molecular weight excluding hydrogens is 326 g/mol. The zero-order valence-corrected chi connectivity index (χ0v) is 16.0. The number of hydrogen-bond acceptors (Lipinski definition) is 3. The number of hydrogen-bond donors (Lipinski definition) is 3. The Balaban J connectivity index is 0.00000529. The van der Waals surface area contributed by atoms with E-state index >= 15 is 0 Å². The van der Waals surface area contributed by atoms with Crippen molar-refractivity contribution in [2.24, 2.45) is 5.73 Å². The molecule has 0 aliphatic heterocycles. The third-order valence-electron chi connectivity index (χ3n) is 3.64. The fraction of sp³-hybridized carbons (Fsp3) is 0.556. The van der Waals surface area contributed by atoms with E-state index in [1.165, 1.54) is 5.56 Å². The number of nitrogens with one attached hydrogen (secondary N) is 2. The van der Waals surface area contributed by atoms with Crippen LogP contribution in [0.25, 0.3) is 0 Å². The van der Waals surface area contributed by atoms with Gasteiger partial charge in [0.1, 0.15) is 0 Å². The molecule has 136 valence electrons. The first kappa shape index (κ1) is 22.4. The predicted octanol–water partition coefficient (Wildman–Crippen LogP) is 2.38. The van der Waals surface area contributed by atoms with Gasteiger partial charge in [-0.1, -0.05) is 32.9 Å². The molecule has 0 unspecified atom stereocenters. The Morgan fingerprint density at radius 3 is 2.04 bits per heavy atom. The fourth-order valence-corrected chi connectivity index (χ4v) is 2.00. The Hall–Kier alpha value is -1.59. The minimum Gasteiger partial charge on any atom is -0.352 e. The van der Waals surface area contributed by atoms with Crippen molar-refractivity contribution in [3.63, 3.8) is 0 Å². The molecular formula is C18H30ClN3O2. The quantitative estimate of drug-likeness (QED) is 0.732. The van der Waals surface area contributed by atoms with Gasteiger partial charge in [0.2, 0.25) is 5.91 Å². The monoisotopic (exact) mass is 355 g/mol. The molecule has 0 atom stereocenters. The molecule has 0 fully saturated rings. The minimum absolute atomic E-state index is 0. The van der Waals surface area contributed by atoms with Crippen molar-refractivity contribution in [2.45, 2.75) is 52.0 Å². The van der Waals surface area contributed by atoms with E-state index in [2.05, 4.69) is 31.4 Å². The SMILES string of the molecule is CC(C)(CN)NC(=O)CCNC(=O)c1ccc(C(C)(C)C)cc1.Cl. The lowest BCUT2D eigenvalue weighted by Gasteiger charge is -2.24. The lowest BCUT2D eigenvalue weighted by molar-refractivity contribution is -0.122. The molecule has 0 aliphatic carbocycles. The van der Waals surface area contributed by atoms with Crippen molar-refractivity contribution in [1.29, 1.82) is 0 Å². The zero-order chi connectivity index (χ0) is 17.7. The number of halogens is 1. The van der Waals surface area contributed by atoms with Crippen LogP contribution >= 0.6 is 12.4 Å². The molecule has 0 radical (unpaired) electrons. The molecule has 0 saturated heterocycles. The van der Waals surface area contributed by atoms with Gasteiger partial charge in [0.15, 0.2) is 0 Å². The van der Waals surface area contributed by atoms with Gasteiger partial charge in [-0.3, -0.25) is 9.59 Å². The van der Waals surface area contributed by atoms with E-state index in [1.54, 1.807) is 0 Å². The maximum atomic E-state index is 12.1. The highest BCUT2D eigenvalue weighted by molar-refractivity contribution is 5.94. The Bertz CT molecular complexity index is 548. The Morgan fingerprint density at radius 1 is 1.04 bits per heavy atom. The number of benzene rings is 1. The van der Waals surface area contributed by atoms with E-state index in [1.807, 2.05) is 38.1 Å². The van der Waals surface area contributed by atoms with Crippen LogP contribution in [0, 0.1) is 0 Å². The maximum absolute atomic E-state index is 12.1. The van der Waals surface area contributed by atoms with Crippen LogP contribution in [0.15, 0.2) is 24.3 Å². The van der Waals surface area contributed by atoms with Gasteiger partial charge >= 0.3 is 0 Å². The van der Waals surface area contributed by atoms with Crippen molar-refractivity contribution >= 4 is 24.2 Å².